The van der Waals surface area contributed by atoms with Crippen LogP contribution in [-0.2, 0) is 0 Å². The van der Waals surface area contributed by atoms with Crippen LogP contribution in [0.25, 0.3) is 0 Å². The number of aldehydes is 1. The zero-order valence-corrected chi connectivity index (χ0v) is 6.11. The summed E-state index contributed by atoms with van der Waals surface area (Å²) >= 11 is 0. The molecule has 0 fully saturated rings. The summed E-state index contributed by atoms with van der Waals surface area (Å²) < 4.78 is 4.78. The number of furan rings is 1. The molecule has 0 atom stereocenters. The number of ketones is 1. The molecular formula is C8H5NO3. The first-order valence-corrected chi connectivity index (χ1v) is 3.23. The fourth-order valence-electron chi connectivity index (χ4n) is 0.725. The number of hydrogen-bond acceptors (Lipinski definition) is 4. The highest BCUT2D eigenvalue weighted by molar-refractivity contribution is 5.95. The SMILES string of the molecule is N#CCC(=O)c1ccc(C=O)o1. The Labute approximate surface area is 68.4 Å². The predicted molar refractivity (Wildman–Crippen MR) is 38.7 cm³/mol. The van der Waals surface area contributed by atoms with Gasteiger partial charge in [-0.2, -0.15) is 5.26 Å². The van der Waals surface area contributed by atoms with Crippen LogP contribution in [0.5, 0.6) is 0 Å². The van der Waals surface area contributed by atoms with Crippen LogP contribution in [0.3, 0.4) is 0 Å². The van der Waals surface area contributed by atoms with E-state index in [4.69, 9.17) is 9.68 Å². The van der Waals surface area contributed by atoms with E-state index < -0.39 is 5.78 Å². The molecule has 0 aliphatic rings. The zero-order chi connectivity index (χ0) is 8.97. The van der Waals surface area contributed by atoms with Crippen molar-refractivity contribution in [3.05, 3.63) is 23.7 Å². The number of carbonyl (C=O) groups excluding carboxylic acids is 2. The normalized spacial score (nSPS) is 8.92. The molecular weight excluding hydrogens is 158 g/mol. The molecule has 4 nitrogen and oxygen atoms in total. The van der Waals surface area contributed by atoms with Crippen molar-refractivity contribution in [2.75, 3.05) is 0 Å². The summed E-state index contributed by atoms with van der Waals surface area (Å²) in [4.78, 5) is 21.1. The average molecular weight is 163 g/mol. The molecule has 4 heteroatoms. The van der Waals surface area contributed by atoms with Gasteiger partial charge in [0.1, 0.15) is 6.42 Å². The fraction of sp³-hybridized carbons (Fsp3) is 0.125. The minimum absolute atomic E-state index is 0.0543. The monoisotopic (exact) mass is 163 g/mol. The molecule has 0 aliphatic carbocycles. The number of hydrogen-bond donors (Lipinski definition) is 0. The first-order chi connectivity index (χ1) is 5.77. The smallest absolute Gasteiger partial charge is 0.212 e. The highest BCUT2D eigenvalue weighted by Gasteiger charge is 2.09. The van der Waals surface area contributed by atoms with Gasteiger partial charge in [0, 0.05) is 0 Å². The van der Waals surface area contributed by atoms with Gasteiger partial charge in [-0.05, 0) is 12.1 Å². The van der Waals surface area contributed by atoms with Crippen LogP contribution in [0.4, 0.5) is 0 Å². The number of carbonyl (C=O) groups is 2. The number of rotatable bonds is 3. The van der Waals surface area contributed by atoms with Gasteiger partial charge in [-0.25, -0.2) is 0 Å². The molecule has 0 saturated heterocycles. The fourth-order valence-corrected chi connectivity index (χ4v) is 0.725. The van der Waals surface area contributed by atoms with Gasteiger partial charge in [-0.3, -0.25) is 9.59 Å². The standard InChI is InChI=1S/C8H5NO3/c9-4-3-7(11)8-2-1-6(5-10)12-8/h1-2,5H,3H2. The van der Waals surface area contributed by atoms with Gasteiger partial charge in [-0.15, -0.1) is 0 Å². The molecule has 0 amide bonds. The third kappa shape index (κ3) is 1.58. The van der Waals surface area contributed by atoms with Gasteiger partial charge in [0.2, 0.25) is 5.78 Å². The summed E-state index contributed by atoms with van der Waals surface area (Å²) in [5.74, 6) is -0.263. The van der Waals surface area contributed by atoms with Crippen LogP contribution in [-0.4, -0.2) is 12.1 Å². The van der Waals surface area contributed by atoms with Crippen molar-refractivity contribution < 1.29 is 14.0 Å². The van der Waals surface area contributed by atoms with E-state index >= 15 is 0 Å². The Morgan fingerprint density at radius 2 is 2.42 bits per heavy atom. The van der Waals surface area contributed by atoms with E-state index in [1.807, 2.05) is 0 Å². The average Bonchev–Trinajstić information content (AvgIpc) is 2.52. The van der Waals surface area contributed by atoms with Gasteiger partial charge < -0.3 is 4.42 Å². The maximum absolute atomic E-state index is 10.9. The van der Waals surface area contributed by atoms with Crippen molar-refractivity contribution in [3.63, 3.8) is 0 Å². The van der Waals surface area contributed by atoms with Crippen LogP contribution in [0.1, 0.15) is 27.5 Å². The molecule has 0 spiro atoms. The molecule has 0 aromatic carbocycles. The molecule has 1 heterocycles. The molecule has 1 aromatic heterocycles. The minimum Gasteiger partial charge on any atom is -0.450 e. The van der Waals surface area contributed by atoms with Gasteiger partial charge >= 0.3 is 0 Å². The summed E-state index contributed by atoms with van der Waals surface area (Å²) in [5.41, 5.74) is 0. The first kappa shape index (κ1) is 8.21. The Bertz CT molecular complexity index is 345. The lowest BCUT2D eigenvalue weighted by Crippen LogP contribution is -1.93. The second-order valence-electron chi connectivity index (χ2n) is 2.08. The van der Waals surface area contributed by atoms with Crippen molar-refractivity contribution >= 4 is 12.1 Å². The zero-order valence-electron chi connectivity index (χ0n) is 6.11. The molecule has 0 saturated carbocycles. The van der Waals surface area contributed by atoms with Crippen LogP contribution in [0.2, 0.25) is 0 Å². The van der Waals surface area contributed by atoms with Crippen LogP contribution in [0.15, 0.2) is 16.5 Å². The van der Waals surface area contributed by atoms with Gasteiger partial charge in [0.25, 0.3) is 0 Å². The summed E-state index contributed by atoms with van der Waals surface area (Å²) in [5, 5.41) is 8.18. The Kier molecular flexibility index (Phi) is 2.38. The first-order valence-electron chi connectivity index (χ1n) is 3.23. The quantitative estimate of drug-likeness (QED) is 0.495. The Balaban J connectivity index is 2.83. The largest absolute Gasteiger partial charge is 0.450 e. The van der Waals surface area contributed by atoms with Crippen molar-refractivity contribution in [3.8, 4) is 6.07 Å². The van der Waals surface area contributed by atoms with E-state index in [1.54, 1.807) is 6.07 Å². The van der Waals surface area contributed by atoms with Crippen molar-refractivity contribution in [2.24, 2.45) is 0 Å². The molecule has 12 heavy (non-hydrogen) atoms. The molecule has 0 unspecified atom stereocenters. The molecule has 0 radical (unpaired) electrons. The molecule has 0 bridgehead atoms. The number of Topliss-reactive ketones (excluding diaryl/α,β-unsaturated/α-hetero) is 1. The van der Waals surface area contributed by atoms with Crippen molar-refractivity contribution in [1.82, 2.24) is 0 Å². The van der Waals surface area contributed by atoms with Crippen molar-refractivity contribution in [1.29, 1.82) is 5.26 Å². The van der Waals surface area contributed by atoms with E-state index in [9.17, 15) is 9.59 Å². The number of nitriles is 1. The van der Waals surface area contributed by atoms with Crippen molar-refractivity contribution in [2.45, 2.75) is 6.42 Å². The molecule has 0 aliphatic heterocycles. The van der Waals surface area contributed by atoms with Crippen LogP contribution in [0, 0.1) is 11.3 Å². The molecule has 60 valence electrons. The summed E-state index contributed by atoms with van der Waals surface area (Å²) in [6.07, 6.45) is 0.273. The van der Waals surface area contributed by atoms with Crippen LogP contribution < -0.4 is 0 Å². The third-order valence-electron chi connectivity index (χ3n) is 1.26. The van der Waals surface area contributed by atoms with Gasteiger partial charge in [-0.1, -0.05) is 0 Å². The Morgan fingerprint density at radius 3 is 2.92 bits per heavy atom. The predicted octanol–water partition coefficient (Wildman–Crippen LogP) is 1.19. The maximum Gasteiger partial charge on any atom is 0.212 e. The summed E-state index contributed by atoms with van der Waals surface area (Å²) in [6.45, 7) is 0. The second kappa shape index (κ2) is 3.49. The lowest BCUT2D eigenvalue weighted by molar-refractivity contribution is 0.0968. The molecule has 0 N–H and O–H groups in total. The highest BCUT2D eigenvalue weighted by atomic mass is 16.4. The van der Waals surface area contributed by atoms with Gasteiger partial charge in [0.05, 0.1) is 6.07 Å². The minimum atomic E-state index is -0.411. The Morgan fingerprint density at radius 1 is 1.67 bits per heavy atom. The Hall–Kier alpha value is -1.89. The molecule has 1 aromatic rings. The molecule has 1 rings (SSSR count). The maximum atomic E-state index is 10.9. The summed E-state index contributed by atoms with van der Waals surface area (Å²) in [7, 11) is 0. The lowest BCUT2D eigenvalue weighted by atomic mass is 10.2. The second-order valence-corrected chi connectivity index (χ2v) is 2.08. The van der Waals surface area contributed by atoms with E-state index in [0.717, 1.165) is 0 Å². The third-order valence-corrected chi connectivity index (χ3v) is 1.26. The topological polar surface area (TPSA) is 71.1 Å². The van der Waals surface area contributed by atoms with Gasteiger partial charge in [0.15, 0.2) is 17.8 Å². The lowest BCUT2D eigenvalue weighted by Gasteiger charge is -1.86. The summed E-state index contributed by atoms with van der Waals surface area (Å²) in [6, 6.07) is 4.46. The van der Waals surface area contributed by atoms with E-state index in [2.05, 4.69) is 0 Å². The number of nitrogens with zero attached hydrogens (tertiary/aromatic N) is 1. The van der Waals surface area contributed by atoms with E-state index in [1.165, 1.54) is 12.1 Å². The van der Waals surface area contributed by atoms with E-state index in [0.29, 0.717) is 6.29 Å². The van der Waals surface area contributed by atoms with Crippen LogP contribution >= 0.6 is 0 Å². The highest BCUT2D eigenvalue weighted by Crippen LogP contribution is 2.07. The van der Waals surface area contributed by atoms with E-state index in [-0.39, 0.29) is 17.9 Å².